The highest BCUT2D eigenvalue weighted by Crippen LogP contribution is 2.36. The third-order valence-corrected chi connectivity index (χ3v) is 9.37. The summed E-state index contributed by atoms with van der Waals surface area (Å²) in [5, 5.41) is 10.7. The Morgan fingerprint density at radius 2 is 1.62 bits per heavy atom. The molecule has 1 saturated heterocycles. The first-order valence-electron chi connectivity index (χ1n) is 12.9. The molecule has 4 aromatic carbocycles. The molecule has 10 heteroatoms. The lowest BCUT2D eigenvalue weighted by Crippen LogP contribution is -2.51. The number of carbonyl (C=O) groups excluding carboxylic acids is 2. The fraction of sp³-hybridized carbons (Fsp3) is 0.0938. The number of sulfonamides is 1. The second-order valence-corrected chi connectivity index (χ2v) is 13.0. The van der Waals surface area contributed by atoms with Crippen molar-refractivity contribution in [3.8, 4) is 16.9 Å². The number of carbonyl (C=O) groups is 2. The van der Waals surface area contributed by atoms with Gasteiger partial charge in [-0.3, -0.25) is 14.5 Å². The third kappa shape index (κ3) is 6.46. The molecule has 2 N–H and O–H groups in total. The molecule has 0 spiro atoms. The van der Waals surface area contributed by atoms with E-state index in [4.69, 9.17) is 12.2 Å². The lowest BCUT2D eigenvalue weighted by Gasteiger charge is -2.26. The molecule has 0 aromatic heterocycles. The van der Waals surface area contributed by atoms with Crippen molar-refractivity contribution in [2.24, 2.45) is 0 Å². The smallest absolute Gasteiger partial charge is 0.266 e. The Morgan fingerprint density at radius 3 is 2.26 bits per heavy atom. The molecule has 1 aliphatic heterocycles. The lowest BCUT2D eigenvalue weighted by molar-refractivity contribution is -0.131. The molecule has 7 nitrogen and oxygen atoms in total. The van der Waals surface area contributed by atoms with Crippen LogP contribution in [0.1, 0.15) is 16.7 Å². The van der Waals surface area contributed by atoms with E-state index in [1.807, 2.05) is 43.3 Å². The largest absolute Gasteiger partial charge is 0.507 e. The Hall–Kier alpha value is -4.25. The van der Waals surface area contributed by atoms with Crippen LogP contribution in [0.3, 0.4) is 0 Å². The topological polar surface area (TPSA) is 104 Å². The molecule has 0 saturated carbocycles. The van der Waals surface area contributed by atoms with Crippen LogP contribution in [0.15, 0.2) is 113 Å². The fourth-order valence-electron chi connectivity index (χ4n) is 4.52. The van der Waals surface area contributed by atoms with Crippen LogP contribution in [-0.4, -0.2) is 40.6 Å². The summed E-state index contributed by atoms with van der Waals surface area (Å²) in [5.41, 5.74) is 3.66. The van der Waals surface area contributed by atoms with Crippen molar-refractivity contribution in [1.29, 1.82) is 0 Å². The minimum Gasteiger partial charge on any atom is -0.507 e. The zero-order valence-electron chi connectivity index (χ0n) is 22.4. The molecular weight excluding hydrogens is 589 g/mol. The van der Waals surface area contributed by atoms with Gasteiger partial charge in [0.05, 0.1) is 9.80 Å². The van der Waals surface area contributed by atoms with Gasteiger partial charge in [0.15, 0.2) is 0 Å². The van der Waals surface area contributed by atoms with Crippen LogP contribution in [0.4, 0.5) is 0 Å². The first-order chi connectivity index (χ1) is 20.1. The summed E-state index contributed by atoms with van der Waals surface area (Å²) in [6, 6.07) is 28.4. The Morgan fingerprint density at radius 1 is 0.976 bits per heavy atom. The molecular formula is C32H26N2O5S3. The molecule has 212 valence electrons. The molecule has 1 aliphatic rings. The zero-order chi connectivity index (χ0) is 29.9. The number of phenolic OH excluding ortho intramolecular Hbond substituents is 1. The maximum atomic E-state index is 13.7. The number of thioether (sulfide) groups is 1. The predicted octanol–water partition coefficient (Wildman–Crippen LogP) is 5.69. The van der Waals surface area contributed by atoms with Crippen molar-refractivity contribution in [3.05, 3.63) is 125 Å². The molecule has 1 fully saturated rings. The number of hydrogen-bond donors (Lipinski definition) is 2. The van der Waals surface area contributed by atoms with Crippen LogP contribution >= 0.6 is 24.0 Å². The molecule has 0 radical (unpaired) electrons. The van der Waals surface area contributed by atoms with Gasteiger partial charge in [0, 0.05) is 12.0 Å². The number of rotatable bonds is 8. The lowest BCUT2D eigenvalue weighted by atomic mass is 10.0. The standard InChI is InChI=1S/C32H26N2O5S3/c1-21-12-15-25(16-13-21)42(38,39)33-30(36)27(18-22-8-4-2-5-9-22)34-31(37)29(41-32(34)40)20-23-14-17-26(28(35)19-23)24-10-6-3-7-11-24/h2-17,19-20,27,35H,18H2,1H3,(H,33,36)/b29-20-/t27-/m0/s1. The van der Waals surface area contributed by atoms with E-state index in [9.17, 15) is 23.1 Å². The van der Waals surface area contributed by atoms with E-state index in [1.165, 1.54) is 12.1 Å². The summed E-state index contributed by atoms with van der Waals surface area (Å²) >= 11 is 6.54. The van der Waals surface area contributed by atoms with Gasteiger partial charge in [-0.1, -0.05) is 114 Å². The Labute approximate surface area is 253 Å². The Bertz CT molecular complexity index is 1790. The van der Waals surface area contributed by atoms with Crippen LogP contribution < -0.4 is 4.72 Å². The maximum absolute atomic E-state index is 13.7. The van der Waals surface area contributed by atoms with Gasteiger partial charge in [0.2, 0.25) is 0 Å². The van der Waals surface area contributed by atoms with E-state index in [0.29, 0.717) is 11.1 Å². The number of nitrogens with one attached hydrogen (secondary N) is 1. The molecule has 42 heavy (non-hydrogen) atoms. The Kier molecular flexibility index (Phi) is 8.58. The number of aryl methyl sites for hydroxylation is 1. The minimum absolute atomic E-state index is 0.0440. The highest BCUT2D eigenvalue weighted by atomic mass is 32.2. The van der Waals surface area contributed by atoms with Crippen molar-refractivity contribution in [1.82, 2.24) is 9.62 Å². The number of nitrogens with zero attached hydrogens (tertiary/aromatic N) is 1. The van der Waals surface area contributed by atoms with Gasteiger partial charge in [-0.2, -0.15) is 0 Å². The average Bonchev–Trinajstić information content (AvgIpc) is 3.24. The van der Waals surface area contributed by atoms with E-state index in [-0.39, 0.29) is 26.3 Å². The average molecular weight is 615 g/mol. The predicted molar refractivity (Wildman–Crippen MR) is 169 cm³/mol. The van der Waals surface area contributed by atoms with Crippen molar-refractivity contribution in [2.75, 3.05) is 0 Å². The van der Waals surface area contributed by atoms with Gasteiger partial charge in [0.1, 0.15) is 16.1 Å². The normalized spacial score (nSPS) is 15.2. The van der Waals surface area contributed by atoms with Gasteiger partial charge in [0.25, 0.3) is 21.8 Å². The molecule has 2 amide bonds. The van der Waals surface area contributed by atoms with E-state index in [1.54, 1.807) is 60.7 Å². The SMILES string of the molecule is Cc1ccc(S(=O)(=O)NC(=O)[C@H](Cc2ccccc2)N2C(=O)/C(=C/c3ccc(-c4ccccc4)c(O)c3)SC2=S)cc1. The summed E-state index contributed by atoms with van der Waals surface area (Å²) in [6.45, 7) is 1.83. The van der Waals surface area contributed by atoms with Crippen LogP contribution in [-0.2, 0) is 26.0 Å². The number of amides is 2. The molecule has 1 atom stereocenters. The molecule has 0 aliphatic carbocycles. The highest BCUT2D eigenvalue weighted by molar-refractivity contribution is 8.26. The monoisotopic (exact) mass is 614 g/mol. The van der Waals surface area contributed by atoms with Gasteiger partial charge < -0.3 is 5.11 Å². The van der Waals surface area contributed by atoms with Crippen molar-refractivity contribution in [2.45, 2.75) is 24.3 Å². The van der Waals surface area contributed by atoms with Crippen LogP contribution in [0.2, 0.25) is 0 Å². The van der Waals surface area contributed by atoms with Crippen molar-refractivity contribution >= 4 is 56.2 Å². The van der Waals surface area contributed by atoms with Gasteiger partial charge >= 0.3 is 0 Å². The first-order valence-corrected chi connectivity index (χ1v) is 15.7. The summed E-state index contributed by atoms with van der Waals surface area (Å²) < 4.78 is 28.4. The number of benzene rings is 4. The van der Waals surface area contributed by atoms with Gasteiger partial charge in [-0.15, -0.1) is 0 Å². The van der Waals surface area contributed by atoms with Crippen LogP contribution in [0, 0.1) is 6.92 Å². The van der Waals surface area contributed by atoms with Crippen LogP contribution in [0.5, 0.6) is 5.75 Å². The second-order valence-electron chi connectivity index (χ2n) is 9.68. The molecule has 1 heterocycles. The summed E-state index contributed by atoms with van der Waals surface area (Å²) in [6.07, 6.45) is 1.64. The number of hydrogen-bond acceptors (Lipinski definition) is 7. The number of aromatic hydroxyl groups is 1. The summed E-state index contributed by atoms with van der Waals surface area (Å²) in [5.74, 6) is -1.35. The first kappa shape index (κ1) is 29.2. The fourth-order valence-corrected chi connectivity index (χ4v) is 6.89. The summed E-state index contributed by atoms with van der Waals surface area (Å²) in [4.78, 5) is 28.6. The van der Waals surface area contributed by atoms with E-state index < -0.39 is 27.9 Å². The quantitative estimate of drug-likeness (QED) is 0.194. The van der Waals surface area contributed by atoms with Crippen molar-refractivity contribution in [3.63, 3.8) is 0 Å². The number of thiocarbonyl (C=S) groups is 1. The minimum atomic E-state index is -4.20. The molecule has 5 rings (SSSR count). The van der Waals surface area contributed by atoms with E-state index in [0.717, 1.165) is 33.4 Å². The third-order valence-electron chi connectivity index (χ3n) is 6.68. The summed E-state index contributed by atoms with van der Waals surface area (Å²) in [7, 11) is -4.20. The number of phenols is 1. The van der Waals surface area contributed by atoms with Crippen molar-refractivity contribution < 1.29 is 23.1 Å². The zero-order valence-corrected chi connectivity index (χ0v) is 24.9. The van der Waals surface area contributed by atoms with Gasteiger partial charge in [-0.25, -0.2) is 13.1 Å². The van der Waals surface area contributed by atoms with E-state index >= 15 is 0 Å². The molecule has 0 unspecified atom stereocenters. The van der Waals surface area contributed by atoms with E-state index in [2.05, 4.69) is 4.72 Å². The van der Waals surface area contributed by atoms with Crippen LogP contribution in [0.25, 0.3) is 17.2 Å². The Balaban J connectivity index is 1.43. The van der Waals surface area contributed by atoms with Gasteiger partial charge in [-0.05, 0) is 47.9 Å². The second kappa shape index (κ2) is 12.3. The maximum Gasteiger partial charge on any atom is 0.266 e. The molecule has 0 bridgehead atoms. The molecule has 4 aromatic rings. The highest BCUT2D eigenvalue weighted by Gasteiger charge is 2.41.